The summed E-state index contributed by atoms with van der Waals surface area (Å²) in [4.78, 5) is 15.7. The van der Waals surface area contributed by atoms with Crippen molar-refractivity contribution in [3.05, 3.63) is 51.5 Å². The van der Waals surface area contributed by atoms with Crippen molar-refractivity contribution in [2.24, 2.45) is 0 Å². The topological polar surface area (TPSA) is 76.0 Å². The average molecular weight is 336 g/mol. The molecule has 1 atom stereocenters. The number of hydrogen-bond donors (Lipinski definition) is 1. The molecular formula is C14H14BrN3O2. The molecule has 104 valence electrons. The smallest absolute Gasteiger partial charge is 0.314 e. The zero-order chi connectivity index (χ0) is 14.7. The summed E-state index contributed by atoms with van der Waals surface area (Å²) < 4.78 is 0.956. The minimum absolute atomic E-state index is 0.253. The van der Waals surface area contributed by atoms with E-state index in [1.807, 2.05) is 24.3 Å². The molecule has 0 saturated heterocycles. The molecule has 1 unspecified atom stereocenters. The molecule has 0 saturated carbocycles. The van der Waals surface area contributed by atoms with Gasteiger partial charge in [-0.2, -0.15) is 5.10 Å². The van der Waals surface area contributed by atoms with Crippen LogP contribution in [0.5, 0.6) is 0 Å². The third kappa shape index (κ3) is 3.39. The number of carbonyl (C=O) groups is 1. The van der Waals surface area contributed by atoms with Crippen LogP contribution in [0.3, 0.4) is 0 Å². The number of carboxylic acid groups (broad SMARTS) is 1. The van der Waals surface area contributed by atoms with E-state index < -0.39 is 11.9 Å². The number of aliphatic carboxylic acids is 1. The van der Waals surface area contributed by atoms with E-state index in [4.69, 9.17) is 0 Å². The Bertz CT molecular complexity index is 629. The summed E-state index contributed by atoms with van der Waals surface area (Å²) in [5.41, 5.74) is 2.33. The van der Waals surface area contributed by atoms with Crippen LogP contribution in [0.4, 0.5) is 0 Å². The van der Waals surface area contributed by atoms with Gasteiger partial charge < -0.3 is 5.11 Å². The molecule has 0 spiro atoms. The average Bonchev–Trinajstić information content (AvgIpc) is 2.41. The van der Waals surface area contributed by atoms with Crippen LogP contribution >= 0.6 is 15.9 Å². The first-order valence-corrected chi connectivity index (χ1v) is 6.91. The van der Waals surface area contributed by atoms with Crippen LogP contribution in [0.1, 0.15) is 28.7 Å². The molecule has 1 aromatic heterocycles. The number of carboxylic acids is 1. The maximum atomic E-state index is 11.5. The van der Waals surface area contributed by atoms with Gasteiger partial charge in [-0.05, 0) is 38.0 Å². The van der Waals surface area contributed by atoms with Crippen LogP contribution in [-0.4, -0.2) is 26.3 Å². The van der Waals surface area contributed by atoms with Crippen molar-refractivity contribution >= 4 is 21.9 Å². The van der Waals surface area contributed by atoms with Crippen molar-refractivity contribution < 1.29 is 9.90 Å². The maximum absolute atomic E-state index is 11.5. The second kappa shape index (κ2) is 6.09. The van der Waals surface area contributed by atoms with Gasteiger partial charge >= 0.3 is 5.97 Å². The largest absolute Gasteiger partial charge is 0.481 e. The van der Waals surface area contributed by atoms with Gasteiger partial charge in [-0.15, -0.1) is 5.10 Å². The lowest BCUT2D eigenvalue weighted by Gasteiger charge is -2.11. The van der Waals surface area contributed by atoms with Crippen molar-refractivity contribution in [1.29, 1.82) is 0 Å². The molecule has 0 fully saturated rings. The fraction of sp³-hybridized carbons (Fsp3) is 0.286. The van der Waals surface area contributed by atoms with E-state index in [-0.39, 0.29) is 5.82 Å². The Balaban J connectivity index is 2.29. The fourth-order valence-electron chi connectivity index (χ4n) is 1.77. The van der Waals surface area contributed by atoms with Crippen molar-refractivity contribution in [2.45, 2.75) is 26.2 Å². The minimum atomic E-state index is -0.946. The third-order valence-electron chi connectivity index (χ3n) is 3.07. The summed E-state index contributed by atoms with van der Waals surface area (Å²) in [7, 11) is 0. The first kappa shape index (κ1) is 14.6. The minimum Gasteiger partial charge on any atom is -0.481 e. The Hall–Kier alpha value is -1.82. The summed E-state index contributed by atoms with van der Waals surface area (Å²) >= 11 is 3.35. The van der Waals surface area contributed by atoms with Gasteiger partial charge in [0.05, 0.1) is 11.4 Å². The summed E-state index contributed by atoms with van der Waals surface area (Å²) in [6.07, 6.45) is 0.340. The van der Waals surface area contributed by atoms with Crippen molar-refractivity contribution in [1.82, 2.24) is 15.2 Å². The Morgan fingerprint density at radius 1 is 1.20 bits per heavy atom. The number of benzene rings is 1. The van der Waals surface area contributed by atoms with E-state index >= 15 is 0 Å². The Kier molecular flexibility index (Phi) is 4.44. The molecule has 5 nitrogen and oxygen atoms in total. The van der Waals surface area contributed by atoms with Crippen molar-refractivity contribution in [2.75, 3.05) is 0 Å². The molecular weight excluding hydrogens is 322 g/mol. The van der Waals surface area contributed by atoms with Gasteiger partial charge in [-0.1, -0.05) is 28.1 Å². The molecule has 2 rings (SSSR count). The number of halogens is 1. The van der Waals surface area contributed by atoms with Gasteiger partial charge in [0.25, 0.3) is 0 Å². The first-order chi connectivity index (χ1) is 9.47. The quantitative estimate of drug-likeness (QED) is 0.929. The van der Waals surface area contributed by atoms with Gasteiger partial charge in [-0.3, -0.25) is 4.79 Å². The summed E-state index contributed by atoms with van der Waals surface area (Å²) in [6, 6.07) is 7.53. The number of hydrogen-bond acceptors (Lipinski definition) is 4. The molecule has 0 radical (unpaired) electrons. The van der Waals surface area contributed by atoms with E-state index in [0.717, 1.165) is 10.0 Å². The Morgan fingerprint density at radius 3 is 2.40 bits per heavy atom. The Morgan fingerprint density at radius 2 is 1.85 bits per heavy atom. The van der Waals surface area contributed by atoms with Crippen molar-refractivity contribution in [3.63, 3.8) is 0 Å². The highest BCUT2D eigenvalue weighted by atomic mass is 79.9. The SMILES string of the molecule is Cc1nnc(C(Cc2ccc(Br)cc2)C(=O)O)nc1C. The standard InChI is InChI=1S/C14H14BrN3O2/c1-8-9(2)17-18-13(16-8)12(14(19)20)7-10-3-5-11(15)6-4-10/h3-6,12H,7H2,1-2H3,(H,19,20). The van der Waals surface area contributed by atoms with Gasteiger partial charge in [0.2, 0.25) is 0 Å². The number of nitrogens with zero attached hydrogens (tertiary/aromatic N) is 3. The van der Waals surface area contributed by atoms with E-state index in [9.17, 15) is 9.90 Å². The molecule has 20 heavy (non-hydrogen) atoms. The predicted molar refractivity (Wildman–Crippen MR) is 77.5 cm³/mol. The summed E-state index contributed by atoms with van der Waals surface area (Å²) in [6.45, 7) is 3.59. The lowest BCUT2D eigenvalue weighted by atomic mass is 9.99. The molecule has 1 aromatic carbocycles. The van der Waals surface area contributed by atoms with Crippen LogP contribution in [0, 0.1) is 13.8 Å². The zero-order valence-electron chi connectivity index (χ0n) is 11.2. The van der Waals surface area contributed by atoms with Crippen LogP contribution in [0.15, 0.2) is 28.7 Å². The number of aromatic nitrogens is 3. The van der Waals surface area contributed by atoms with E-state index in [1.54, 1.807) is 13.8 Å². The highest BCUT2D eigenvalue weighted by molar-refractivity contribution is 9.10. The summed E-state index contributed by atoms with van der Waals surface area (Å²) in [5.74, 6) is -1.48. The van der Waals surface area contributed by atoms with E-state index in [0.29, 0.717) is 17.8 Å². The van der Waals surface area contributed by atoms with Gasteiger partial charge in [0.15, 0.2) is 5.82 Å². The molecule has 0 aliphatic heterocycles. The second-order valence-corrected chi connectivity index (χ2v) is 5.48. The van der Waals surface area contributed by atoms with Crippen LogP contribution in [0.25, 0.3) is 0 Å². The molecule has 1 heterocycles. The van der Waals surface area contributed by atoms with E-state index in [1.165, 1.54) is 0 Å². The van der Waals surface area contributed by atoms with Gasteiger partial charge in [-0.25, -0.2) is 4.98 Å². The van der Waals surface area contributed by atoms with Gasteiger partial charge in [0, 0.05) is 4.47 Å². The second-order valence-electron chi connectivity index (χ2n) is 4.56. The molecule has 0 bridgehead atoms. The molecule has 0 aliphatic carbocycles. The van der Waals surface area contributed by atoms with Gasteiger partial charge in [0.1, 0.15) is 5.92 Å². The lowest BCUT2D eigenvalue weighted by Crippen LogP contribution is -2.19. The Labute approximate surface area is 125 Å². The highest BCUT2D eigenvalue weighted by Crippen LogP contribution is 2.20. The zero-order valence-corrected chi connectivity index (χ0v) is 12.8. The summed E-state index contributed by atoms with van der Waals surface area (Å²) in [5, 5.41) is 17.3. The maximum Gasteiger partial charge on any atom is 0.314 e. The molecule has 0 amide bonds. The first-order valence-electron chi connectivity index (χ1n) is 6.12. The highest BCUT2D eigenvalue weighted by Gasteiger charge is 2.24. The molecule has 1 N–H and O–H groups in total. The van der Waals surface area contributed by atoms with Crippen LogP contribution in [0.2, 0.25) is 0 Å². The normalized spacial score (nSPS) is 12.2. The lowest BCUT2D eigenvalue weighted by molar-refractivity contribution is -0.139. The van der Waals surface area contributed by atoms with Crippen LogP contribution in [-0.2, 0) is 11.2 Å². The molecule has 0 aliphatic rings. The number of rotatable bonds is 4. The number of aryl methyl sites for hydroxylation is 2. The fourth-order valence-corrected chi connectivity index (χ4v) is 2.03. The van der Waals surface area contributed by atoms with Crippen LogP contribution < -0.4 is 0 Å². The van der Waals surface area contributed by atoms with E-state index in [2.05, 4.69) is 31.1 Å². The monoisotopic (exact) mass is 335 g/mol. The van der Waals surface area contributed by atoms with Crippen molar-refractivity contribution in [3.8, 4) is 0 Å². The third-order valence-corrected chi connectivity index (χ3v) is 3.60. The molecule has 2 aromatic rings. The molecule has 6 heteroatoms. The predicted octanol–water partition coefficient (Wildman–Crippen LogP) is 2.66.